The molecule has 6 heteroatoms. The Morgan fingerprint density at radius 3 is 2.88 bits per heavy atom. The topological polar surface area (TPSA) is 76.8 Å². The van der Waals surface area contributed by atoms with Crippen molar-refractivity contribution in [2.45, 2.75) is 18.9 Å². The van der Waals surface area contributed by atoms with Gasteiger partial charge in [0.2, 0.25) is 0 Å². The molecular formula is C10H21N3O3. The fraction of sp³-hybridized carbons (Fsp3) is 0.900. The SMILES string of the molecule is COCCCC(N)C(=O)NN1CCOCC1. The first-order chi connectivity index (χ1) is 7.74. The van der Waals surface area contributed by atoms with Crippen molar-refractivity contribution in [2.75, 3.05) is 40.0 Å². The number of carbonyl (C=O) groups is 1. The summed E-state index contributed by atoms with van der Waals surface area (Å²) in [6.45, 7) is 3.38. The number of rotatable bonds is 6. The molecule has 1 heterocycles. The van der Waals surface area contributed by atoms with Gasteiger partial charge in [-0.2, -0.15) is 0 Å². The van der Waals surface area contributed by atoms with Crippen LogP contribution in [-0.4, -0.2) is 57.0 Å². The van der Waals surface area contributed by atoms with Crippen LogP contribution in [0.2, 0.25) is 0 Å². The molecule has 1 saturated heterocycles. The summed E-state index contributed by atoms with van der Waals surface area (Å²) in [6.07, 6.45) is 1.44. The molecule has 1 aliphatic heterocycles. The molecule has 6 nitrogen and oxygen atoms in total. The standard InChI is InChI=1S/C10H21N3O3/c1-15-6-2-3-9(11)10(14)12-13-4-7-16-8-5-13/h9H,2-8,11H2,1H3,(H,12,14). The van der Waals surface area contributed by atoms with Gasteiger partial charge >= 0.3 is 0 Å². The molecular weight excluding hydrogens is 210 g/mol. The third-order valence-electron chi connectivity index (χ3n) is 2.48. The number of hydrazine groups is 1. The van der Waals surface area contributed by atoms with Crippen molar-refractivity contribution in [2.24, 2.45) is 5.73 Å². The Kier molecular flexibility index (Phi) is 6.32. The smallest absolute Gasteiger partial charge is 0.251 e. The largest absolute Gasteiger partial charge is 0.385 e. The summed E-state index contributed by atoms with van der Waals surface area (Å²) in [6, 6.07) is -0.460. The molecule has 16 heavy (non-hydrogen) atoms. The molecule has 0 aromatic carbocycles. The quantitative estimate of drug-likeness (QED) is 0.580. The van der Waals surface area contributed by atoms with Crippen LogP contribution in [-0.2, 0) is 14.3 Å². The number of hydrogen-bond donors (Lipinski definition) is 2. The van der Waals surface area contributed by atoms with Crippen LogP contribution in [0.15, 0.2) is 0 Å². The van der Waals surface area contributed by atoms with Gasteiger partial charge in [-0.15, -0.1) is 0 Å². The van der Waals surface area contributed by atoms with Crippen LogP contribution in [0.4, 0.5) is 0 Å². The fourth-order valence-electron chi connectivity index (χ4n) is 1.49. The first-order valence-electron chi connectivity index (χ1n) is 5.61. The minimum absolute atomic E-state index is 0.127. The van der Waals surface area contributed by atoms with Crippen LogP contribution in [0.3, 0.4) is 0 Å². The Morgan fingerprint density at radius 1 is 1.56 bits per heavy atom. The minimum atomic E-state index is -0.460. The van der Waals surface area contributed by atoms with E-state index >= 15 is 0 Å². The van der Waals surface area contributed by atoms with E-state index in [2.05, 4.69) is 5.43 Å². The molecule has 1 unspecified atom stereocenters. The van der Waals surface area contributed by atoms with Gasteiger partial charge < -0.3 is 15.2 Å². The van der Waals surface area contributed by atoms with Crippen molar-refractivity contribution in [1.82, 2.24) is 10.4 Å². The van der Waals surface area contributed by atoms with Crippen molar-refractivity contribution in [3.05, 3.63) is 0 Å². The maximum absolute atomic E-state index is 11.6. The zero-order valence-electron chi connectivity index (χ0n) is 9.78. The molecule has 1 atom stereocenters. The van der Waals surface area contributed by atoms with Crippen LogP contribution in [0.25, 0.3) is 0 Å². The number of amides is 1. The van der Waals surface area contributed by atoms with Crippen LogP contribution in [0.5, 0.6) is 0 Å². The lowest BCUT2D eigenvalue weighted by Crippen LogP contribution is -2.53. The lowest BCUT2D eigenvalue weighted by molar-refractivity contribution is -0.129. The van der Waals surface area contributed by atoms with Crippen molar-refractivity contribution in [3.63, 3.8) is 0 Å². The van der Waals surface area contributed by atoms with Gasteiger partial charge in [-0.3, -0.25) is 10.2 Å². The average molecular weight is 231 g/mol. The lowest BCUT2D eigenvalue weighted by atomic mass is 10.1. The second-order valence-corrected chi connectivity index (χ2v) is 3.82. The van der Waals surface area contributed by atoms with Crippen molar-refractivity contribution in [1.29, 1.82) is 0 Å². The third kappa shape index (κ3) is 4.89. The first kappa shape index (κ1) is 13.4. The van der Waals surface area contributed by atoms with Crippen molar-refractivity contribution >= 4 is 5.91 Å². The monoisotopic (exact) mass is 231 g/mol. The molecule has 0 aliphatic carbocycles. The summed E-state index contributed by atoms with van der Waals surface area (Å²) in [4.78, 5) is 11.6. The number of methoxy groups -OCH3 is 1. The van der Waals surface area contributed by atoms with Gasteiger partial charge in [0.25, 0.3) is 5.91 Å². The molecule has 1 rings (SSSR count). The molecule has 0 aromatic heterocycles. The van der Waals surface area contributed by atoms with E-state index in [-0.39, 0.29) is 5.91 Å². The Hall–Kier alpha value is -0.690. The Balaban J connectivity index is 2.16. The summed E-state index contributed by atoms with van der Waals surface area (Å²) in [5, 5.41) is 1.85. The minimum Gasteiger partial charge on any atom is -0.385 e. The van der Waals surface area contributed by atoms with Crippen molar-refractivity contribution < 1.29 is 14.3 Å². The number of nitrogens with one attached hydrogen (secondary N) is 1. The number of nitrogens with two attached hydrogens (primary N) is 1. The number of nitrogens with zero attached hydrogens (tertiary/aromatic N) is 1. The van der Waals surface area contributed by atoms with E-state index in [9.17, 15) is 4.79 Å². The van der Waals surface area contributed by atoms with Crippen LogP contribution >= 0.6 is 0 Å². The number of hydrogen-bond acceptors (Lipinski definition) is 5. The van der Waals surface area contributed by atoms with E-state index in [4.69, 9.17) is 15.2 Å². The first-order valence-corrected chi connectivity index (χ1v) is 5.61. The summed E-state index contributed by atoms with van der Waals surface area (Å²) < 4.78 is 10.1. The van der Waals surface area contributed by atoms with E-state index in [1.54, 1.807) is 7.11 Å². The molecule has 0 bridgehead atoms. The van der Waals surface area contributed by atoms with Gasteiger partial charge in [-0.05, 0) is 12.8 Å². The molecule has 3 N–H and O–H groups in total. The predicted octanol–water partition coefficient (Wildman–Crippen LogP) is -0.896. The van der Waals surface area contributed by atoms with Gasteiger partial charge in [-0.25, -0.2) is 5.01 Å². The molecule has 0 spiro atoms. The second-order valence-electron chi connectivity index (χ2n) is 3.82. The molecule has 0 radical (unpaired) electrons. The Bertz CT molecular complexity index is 207. The zero-order valence-corrected chi connectivity index (χ0v) is 9.78. The van der Waals surface area contributed by atoms with Crippen LogP contribution in [0, 0.1) is 0 Å². The zero-order chi connectivity index (χ0) is 11.8. The van der Waals surface area contributed by atoms with Crippen LogP contribution in [0.1, 0.15) is 12.8 Å². The Morgan fingerprint density at radius 2 is 2.25 bits per heavy atom. The van der Waals surface area contributed by atoms with Gasteiger partial charge in [0, 0.05) is 26.8 Å². The number of ether oxygens (including phenoxy) is 2. The molecule has 0 aromatic rings. The third-order valence-corrected chi connectivity index (χ3v) is 2.48. The van der Waals surface area contributed by atoms with E-state index in [1.807, 2.05) is 5.01 Å². The highest BCUT2D eigenvalue weighted by Crippen LogP contribution is 1.97. The molecule has 94 valence electrons. The number of carbonyl (C=O) groups excluding carboxylic acids is 1. The van der Waals surface area contributed by atoms with Crippen LogP contribution < -0.4 is 11.2 Å². The summed E-state index contributed by atoms with van der Waals surface area (Å²) in [7, 11) is 1.64. The lowest BCUT2D eigenvalue weighted by Gasteiger charge is -2.28. The second kappa shape index (κ2) is 7.56. The summed E-state index contributed by atoms with van der Waals surface area (Å²) >= 11 is 0. The van der Waals surface area contributed by atoms with E-state index in [0.717, 1.165) is 19.5 Å². The van der Waals surface area contributed by atoms with E-state index in [1.165, 1.54) is 0 Å². The Labute approximate surface area is 96.0 Å². The highest BCUT2D eigenvalue weighted by Gasteiger charge is 2.17. The van der Waals surface area contributed by atoms with E-state index in [0.29, 0.717) is 26.2 Å². The van der Waals surface area contributed by atoms with Crippen molar-refractivity contribution in [3.8, 4) is 0 Å². The summed E-state index contributed by atoms with van der Waals surface area (Å²) in [5.74, 6) is -0.127. The molecule has 1 amide bonds. The van der Waals surface area contributed by atoms with Gasteiger partial charge in [-0.1, -0.05) is 0 Å². The average Bonchev–Trinajstić information content (AvgIpc) is 2.30. The maximum atomic E-state index is 11.6. The number of morpholine rings is 1. The van der Waals surface area contributed by atoms with Gasteiger partial charge in [0.15, 0.2) is 0 Å². The predicted molar refractivity (Wildman–Crippen MR) is 59.6 cm³/mol. The highest BCUT2D eigenvalue weighted by atomic mass is 16.5. The summed E-state index contributed by atoms with van der Waals surface area (Å²) in [5.41, 5.74) is 8.54. The van der Waals surface area contributed by atoms with Gasteiger partial charge in [0.1, 0.15) is 0 Å². The molecule has 1 aliphatic rings. The fourth-order valence-corrected chi connectivity index (χ4v) is 1.49. The van der Waals surface area contributed by atoms with E-state index < -0.39 is 6.04 Å². The van der Waals surface area contributed by atoms with Gasteiger partial charge in [0.05, 0.1) is 19.3 Å². The maximum Gasteiger partial charge on any atom is 0.251 e. The molecule has 0 saturated carbocycles. The normalized spacial score (nSPS) is 19.4. The molecule has 1 fully saturated rings. The highest BCUT2D eigenvalue weighted by molar-refractivity contribution is 5.80.